The second-order valence-electron chi connectivity index (χ2n) is 5.64. The van der Waals surface area contributed by atoms with Crippen LogP contribution in [0.15, 0.2) is 71.4 Å². The van der Waals surface area contributed by atoms with Crippen LogP contribution in [0.2, 0.25) is 0 Å². The number of carboxylic acid groups (broad SMARTS) is 1. The maximum Gasteiger partial charge on any atom is 0.279 e. The Hall–Kier alpha value is -3.74. The van der Waals surface area contributed by atoms with Crippen LogP contribution in [0.1, 0.15) is 11.1 Å². The van der Waals surface area contributed by atoms with Crippen LogP contribution in [0.5, 0.6) is 5.75 Å². The SMILES string of the molecule is C=CCN1C(=O)/C(=N\N=C/c2ccc(OCC(=O)[O-])cc2)c2ccccc21. The molecule has 136 valence electrons. The number of carboxylic acids is 1. The summed E-state index contributed by atoms with van der Waals surface area (Å²) < 4.78 is 5.00. The van der Waals surface area contributed by atoms with E-state index in [0.29, 0.717) is 12.3 Å². The molecule has 1 heterocycles. The van der Waals surface area contributed by atoms with Gasteiger partial charge in [-0.05, 0) is 35.9 Å². The zero-order valence-corrected chi connectivity index (χ0v) is 14.4. The van der Waals surface area contributed by atoms with Gasteiger partial charge in [0, 0.05) is 12.1 Å². The molecule has 0 aliphatic carbocycles. The first kappa shape index (κ1) is 18.1. The lowest BCUT2D eigenvalue weighted by Gasteiger charge is -2.13. The smallest absolute Gasteiger partial charge is 0.279 e. The minimum absolute atomic E-state index is 0.223. The van der Waals surface area contributed by atoms with Crippen molar-refractivity contribution in [1.29, 1.82) is 0 Å². The van der Waals surface area contributed by atoms with Gasteiger partial charge in [0.15, 0.2) is 5.71 Å². The largest absolute Gasteiger partial charge is 0.546 e. The van der Waals surface area contributed by atoms with E-state index in [2.05, 4.69) is 16.8 Å². The average molecular weight is 362 g/mol. The molecule has 1 aliphatic heterocycles. The molecular weight excluding hydrogens is 346 g/mol. The number of hydrogen-bond acceptors (Lipinski definition) is 6. The molecule has 0 saturated carbocycles. The zero-order chi connectivity index (χ0) is 19.2. The normalized spacial score (nSPS) is 14.6. The lowest BCUT2D eigenvalue weighted by molar-refractivity contribution is -0.307. The monoisotopic (exact) mass is 362 g/mol. The second-order valence-corrected chi connectivity index (χ2v) is 5.64. The summed E-state index contributed by atoms with van der Waals surface area (Å²) in [5.74, 6) is -1.11. The van der Waals surface area contributed by atoms with E-state index in [1.165, 1.54) is 6.21 Å². The number of anilines is 1. The number of rotatable bonds is 7. The molecule has 0 saturated heterocycles. The fourth-order valence-corrected chi connectivity index (χ4v) is 2.61. The summed E-state index contributed by atoms with van der Waals surface area (Å²) in [6, 6.07) is 14.0. The number of fused-ring (bicyclic) bond motifs is 1. The Morgan fingerprint density at radius 1 is 1.19 bits per heavy atom. The fraction of sp³-hybridized carbons (Fsp3) is 0.100. The van der Waals surface area contributed by atoms with Crippen molar-refractivity contribution in [1.82, 2.24) is 0 Å². The fourth-order valence-electron chi connectivity index (χ4n) is 2.61. The topological polar surface area (TPSA) is 94.4 Å². The molecule has 3 rings (SSSR count). The van der Waals surface area contributed by atoms with Gasteiger partial charge < -0.3 is 19.5 Å². The summed E-state index contributed by atoms with van der Waals surface area (Å²) in [5, 5.41) is 18.5. The number of carbonyl (C=O) groups is 2. The molecular formula is C20H16N3O4-. The van der Waals surface area contributed by atoms with Crippen LogP contribution in [0, 0.1) is 0 Å². The minimum atomic E-state index is -1.29. The highest BCUT2D eigenvalue weighted by Crippen LogP contribution is 2.28. The van der Waals surface area contributed by atoms with Crippen LogP contribution in [0.3, 0.4) is 0 Å². The van der Waals surface area contributed by atoms with Crippen molar-refractivity contribution >= 4 is 29.5 Å². The molecule has 2 aromatic carbocycles. The number of benzene rings is 2. The first-order valence-electron chi connectivity index (χ1n) is 8.16. The Balaban J connectivity index is 1.76. The van der Waals surface area contributed by atoms with Crippen LogP contribution in [0.4, 0.5) is 5.69 Å². The van der Waals surface area contributed by atoms with Crippen molar-refractivity contribution in [2.45, 2.75) is 0 Å². The minimum Gasteiger partial charge on any atom is -0.546 e. The highest BCUT2D eigenvalue weighted by Gasteiger charge is 2.32. The van der Waals surface area contributed by atoms with Crippen LogP contribution in [-0.2, 0) is 9.59 Å². The molecule has 0 N–H and O–H groups in total. The predicted octanol–water partition coefficient (Wildman–Crippen LogP) is 1.17. The Bertz CT molecular complexity index is 932. The predicted molar refractivity (Wildman–Crippen MR) is 100 cm³/mol. The number of nitrogens with zero attached hydrogens (tertiary/aromatic N) is 3. The maximum atomic E-state index is 12.6. The van der Waals surface area contributed by atoms with Crippen molar-refractivity contribution < 1.29 is 19.4 Å². The van der Waals surface area contributed by atoms with Gasteiger partial charge in [-0.3, -0.25) is 4.79 Å². The van der Waals surface area contributed by atoms with E-state index in [4.69, 9.17) is 4.74 Å². The summed E-state index contributed by atoms with van der Waals surface area (Å²) in [6.07, 6.45) is 3.16. The third kappa shape index (κ3) is 4.09. The van der Waals surface area contributed by atoms with Gasteiger partial charge in [0.25, 0.3) is 5.91 Å². The Morgan fingerprint density at radius 2 is 1.93 bits per heavy atom. The lowest BCUT2D eigenvalue weighted by Crippen LogP contribution is -2.30. The number of carbonyl (C=O) groups excluding carboxylic acids is 2. The molecule has 1 aliphatic rings. The van der Waals surface area contributed by atoms with E-state index in [1.807, 2.05) is 24.3 Å². The van der Waals surface area contributed by atoms with Crippen LogP contribution in [-0.4, -0.2) is 37.0 Å². The van der Waals surface area contributed by atoms with Gasteiger partial charge in [-0.1, -0.05) is 24.3 Å². The van der Waals surface area contributed by atoms with Gasteiger partial charge in [0.1, 0.15) is 12.4 Å². The molecule has 0 radical (unpaired) electrons. The van der Waals surface area contributed by atoms with Gasteiger partial charge in [-0.25, -0.2) is 0 Å². The number of aliphatic carboxylic acids is 1. The number of amides is 1. The van der Waals surface area contributed by atoms with Gasteiger partial charge in [-0.2, -0.15) is 5.10 Å². The maximum absolute atomic E-state index is 12.6. The second kappa shape index (κ2) is 8.09. The quantitative estimate of drug-likeness (QED) is 0.420. The highest BCUT2D eigenvalue weighted by molar-refractivity contribution is 6.54. The molecule has 0 spiro atoms. The highest BCUT2D eigenvalue weighted by atomic mass is 16.5. The van der Waals surface area contributed by atoms with Crippen molar-refractivity contribution in [3.05, 3.63) is 72.3 Å². The molecule has 2 aromatic rings. The number of hydrogen-bond donors (Lipinski definition) is 0. The van der Waals surface area contributed by atoms with Crippen molar-refractivity contribution in [3.8, 4) is 5.75 Å². The van der Waals surface area contributed by atoms with E-state index < -0.39 is 12.6 Å². The molecule has 0 unspecified atom stereocenters. The van der Waals surface area contributed by atoms with Crippen LogP contribution < -0.4 is 14.7 Å². The van der Waals surface area contributed by atoms with E-state index in [0.717, 1.165) is 16.8 Å². The number of para-hydroxylation sites is 1. The molecule has 0 fully saturated rings. The summed E-state index contributed by atoms with van der Waals surface area (Å²) in [6.45, 7) is 3.56. The lowest BCUT2D eigenvalue weighted by atomic mass is 10.1. The standard InChI is InChI=1S/C20H17N3O4/c1-2-11-23-17-6-4-3-5-16(17)19(20(23)26)22-21-12-14-7-9-15(10-8-14)27-13-18(24)25/h2-10,12H,1,11,13H2,(H,24,25)/p-1/b21-12-,22-19-. The summed E-state index contributed by atoms with van der Waals surface area (Å²) in [7, 11) is 0. The van der Waals surface area contributed by atoms with Crippen molar-refractivity contribution in [2.24, 2.45) is 10.2 Å². The molecule has 1 amide bonds. The van der Waals surface area contributed by atoms with E-state index in [1.54, 1.807) is 35.2 Å². The molecule has 27 heavy (non-hydrogen) atoms. The van der Waals surface area contributed by atoms with E-state index in [9.17, 15) is 14.7 Å². The van der Waals surface area contributed by atoms with Gasteiger partial charge in [0.05, 0.1) is 17.9 Å². The molecule has 0 bridgehead atoms. The summed E-state index contributed by atoms with van der Waals surface area (Å²) in [5.41, 5.74) is 2.51. The molecule has 0 aromatic heterocycles. The third-order valence-electron chi connectivity index (χ3n) is 3.81. The van der Waals surface area contributed by atoms with Gasteiger partial charge >= 0.3 is 0 Å². The van der Waals surface area contributed by atoms with Gasteiger partial charge in [0.2, 0.25) is 0 Å². The zero-order valence-electron chi connectivity index (χ0n) is 14.4. The van der Waals surface area contributed by atoms with Crippen LogP contribution >= 0.6 is 0 Å². The number of ether oxygens (including phenoxy) is 1. The molecule has 7 nitrogen and oxygen atoms in total. The first-order valence-corrected chi connectivity index (χ1v) is 8.16. The Morgan fingerprint density at radius 3 is 2.63 bits per heavy atom. The van der Waals surface area contributed by atoms with E-state index in [-0.39, 0.29) is 11.6 Å². The van der Waals surface area contributed by atoms with Crippen LogP contribution in [0.25, 0.3) is 0 Å². The van der Waals surface area contributed by atoms with Gasteiger partial charge in [-0.15, -0.1) is 11.7 Å². The van der Waals surface area contributed by atoms with E-state index >= 15 is 0 Å². The average Bonchev–Trinajstić information content (AvgIpc) is 2.93. The Labute approximate surface area is 155 Å². The summed E-state index contributed by atoms with van der Waals surface area (Å²) in [4.78, 5) is 24.5. The van der Waals surface area contributed by atoms with Crippen molar-refractivity contribution in [3.63, 3.8) is 0 Å². The Kier molecular flexibility index (Phi) is 5.41. The summed E-state index contributed by atoms with van der Waals surface area (Å²) >= 11 is 0. The molecule has 7 heteroatoms. The first-order chi connectivity index (χ1) is 13.1. The van der Waals surface area contributed by atoms with Crippen molar-refractivity contribution in [2.75, 3.05) is 18.1 Å². The molecule has 0 atom stereocenters. The third-order valence-corrected chi connectivity index (χ3v) is 3.81.